The summed E-state index contributed by atoms with van der Waals surface area (Å²) in [5.74, 6) is -0.215. The van der Waals surface area contributed by atoms with Crippen LogP contribution in [-0.4, -0.2) is 21.4 Å². The minimum absolute atomic E-state index is 0.215. The number of amides is 1. The Labute approximate surface area is 82.1 Å². The molecule has 5 heteroatoms. The molecular weight excluding hydrogens is 180 g/mol. The van der Waals surface area contributed by atoms with Crippen molar-refractivity contribution in [1.29, 1.82) is 0 Å². The van der Waals surface area contributed by atoms with E-state index in [4.69, 9.17) is 0 Å². The maximum atomic E-state index is 10.6. The molecule has 0 aliphatic carbocycles. The van der Waals surface area contributed by atoms with Crippen molar-refractivity contribution in [3.05, 3.63) is 30.6 Å². The minimum atomic E-state index is -0.215. The molecule has 1 heterocycles. The van der Waals surface area contributed by atoms with E-state index < -0.39 is 0 Å². The summed E-state index contributed by atoms with van der Waals surface area (Å²) in [6.45, 7) is 5.00. The van der Waals surface area contributed by atoms with Crippen molar-refractivity contribution in [2.45, 2.75) is 6.92 Å². The lowest BCUT2D eigenvalue weighted by Crippen LogP contribution is -2.15. The molecule has 0 saturated heterocycles. The molecule has 0 aromatic carbocycles. The number of hydrogen-bond acceptors (Lipinski definition) is 3. The second-order valence-electron chi connectivity index (χ2n) is 2.77. The van der Waals surface area contributed by atoms with Gasteiger partial charge in [-0.1, -0.05) is 6.58 Å². The van der Waals surface area contributed by atoms with E-state index in [2.05, 4.69) is 22.2 Å². The van der Waals surface area contributed by atoms with Gasteiger partial charge < -0.3 is 0 Å². The largest absolute Gasteiger partial charge is 0.275 e. The first-order valence-electron chi connectivity index (χ1n) is 4.09. The summed E-state index contributed by atoms with van der Waals surface area (Å²) in [4.78, 5) is 10.6. The highest BCUT2D eigenvalue weighted by molar-refractivity contribution is 6.08. The molecule has 0 spiro atoms. The van der Waals surface area contributed by atoms with Gasteiger partial charge >= 0.3 is 0 Å². The highest BCUT2D eigenvalue weighted by atomic mass is 16.2. The van der Waals surface area contributed by atoms with Gasteiger partial charge in [0.15, 0.2) is 0 Å². The average molecular weight is 192 g/mol. The summed E-state index contributed by atoms with van der Waals surface area (Å²) in [6, 6.07) is 0. The number of carbonyl (C=O) groups excluding carboxylic acids is 1. The van der Waals surface area contributed by atoms with E-state index in [1.165, 1.54) is 6.92 Å². The number of allylic oxidation sites excluding steroid dienone is 1. The van der Waals surface area contributed by atoms with Crippen LogP contribution < -0.4 is 5.43 Å². The molecule has 5 nitrogen and oxygen atoms in total. The van der Waals surface area contributed by atoms with Gasteiger partial charge in [0.05, 0.1) is 11.9 Å². The summed E-state index contributed by atoms with van der Waals surface area (Å²) < 4.78 is 1.65. The Morgan fingerprint density at radius 2 is 2.50 bits per heavy atom. The Balaban J connectivity index is 2.86. The highest BCUT2D eigenvalue weighted by Crippen LogP contribution is 1.99. The Morgan fingerprint density at radius 1 is 1.79 bits per heavy atom. The molecule has 0 radical (unpaired) electrons. The summed E-state index contributed by atoms with van der Waals surface area (Å²) >= 11 is 0. The van der Waals surface area contributed by atoms with Crippen molar-refractivity contribution >= 4 is 11.6 Å². The van der Waals surface area contributed by atoms with Gasteiger partial charge in [0, 0.05) is 25.7 Å². The van der Waals surface area contributed by atoms with Gasteiger partial charge in [-0.2, -0.15) is 10.2 Å². The topological polar surface area (TPSA) is 59.3 Å². The zero-order valence-electron chi connectivity index (χ0n) is 8.19. The van der Waals surface area contributed by atoms with Gasteiger partial charge in [-0.15, -0.1) is 0 Å². The first kappa shape index (κ1) is 10.2. The third kappa shape index (κ3) is 2.55. The molecule has 0 aliphatic heterocycles. The van der Waals surface area contributed by atoms with Crippen LogP contribution in [-0.2, 0) is 11.8 Å². The van der Waals surface area contributed by atoms with Gasteiger partial charge in [0.2, 0.25) is 5.91 Å². The lowest BCUT2D eigenvalue weighted by Gasteiger charge is -1.96. The van der Waals surface area contributed by atoms with Crippen LogP contribution in [0.4, 0.5) is 0 Å². The van der Waals surface area contributed by atoms with E-state index in [-0.39, 0.29) is 5.91 Å². The van der Waals surface area contributed by atoms with Crippen LogP contribution in [0.3, 0.4) is 0 Å². The lowest BCUT2D eigenvalue weighted by atomic mass is 10.2. The van der Waals surface area contributed by atoms with Crippen LogP contribution in [0.25, 0.3) is 0 Å². The van der Waals surface area contributed by atoms with E-state index in [0.29, 0.717) is 5.71 Å². The number of carbonyl (C=O) groups is 1. The highest BCUT2D eigenvalue weighted by Gasteiger charge is 2.01. The molecule has 14 heavy (non-hydrogen) atoms. The maximum Gasteiger partial charge on any atom is 0.236 e. The second-order valence-corrected chi connectivity index (χ2v) is 2.77. The number of hydrogen-bond donors (Lipinski definition) is 1. The zero-order valence-corrected chi connectivity index (χ0v) is 8.19. The molecule has 0 unspecified atom stereocenters. The Bertz CT molecular complexity index is 378. The average Bonchev–Trinajstić information content (AvgIpc) is 2.53. The summed E-state index contributed by atoms with van der Waals surface area (Å²) in [6.07, 6.45) is 5.01. The predicted octanol–water partition coefficient (Wildman–Crippen LogP) is 0.446. The number of aryl methyl sites for hydroxylation is 1. The van der Waals surface area contributed by atoms with Gasteiger partial charge in [-0.05, 0) is 6.08 Å². The zero-order chi connectivity index (χ0) is 10.6. The molecule has 0 aliphatic rings. The van der Waals surface area contributed by atoms with Gasteiger partial charge in [0.25, 0.3) is 0 Å². The van der Waals surface area contributed by atoms with E-state index in [1.807, 2.05) is 7.05 Å². The number of hydrazone groups is 1. The standard InChI is InChI=1S/C9H12N4O/c1-4-9(12-11-7(2)14)8-5-10-13(3)6-8/h4-6H,1H2,2-3H3,(H,11,14)/b12-9+. The van der Waals surface area contributed by atoms with Crippen LogP contribution in [0, 0.1) is 0 Å². The molecule has 1 N–H and O–H groups in total. The smallest absolute Gasteiger partial charge is 0.236 e. The molecular formula is C9H12N4O. The van der Waals surface area contributed by atoms with Gasteiger partial charge in [0.1, 0.15) is 0 Å². The van der Waals surface area contributed by atoms with Crippen LogP contribution >= 0.6 is 0 Å². The van der Waals surface area contributed by atoms with E-state index in [1.54, 1.807) is 23.2 Å². The summed E-state index contributed by atoms with van der Waals surface area (Å²) in [5, 5.41) is 7.86. The van der Waals surface area contributed by atoms with Crippen LogP contribution in [0.5, 0.6) is 0 Å². The predicted molar refractivity (Wildman–Crippen MR) is 53.8 cm³/mol. The van der Waals surface area contributed by atoms with E-state index >= 15 is 0 Å². The Hall–Kier alpha value is -1.91. The minimum Gasteiger partial charge on any atom is -0.275 e. The summed E-state index contributed by atoms with van der Waals surface area (Å²) in [5.41, 5.74) is 3.75. The van der Waals surface area contributed by atoms with Gasteiger partial charge in [-0.25, -0.2) is 5.43 Å². The lowest BCUT2D eigenvalue weighted by molar-refractivity contribution is -0.118. The fraction of sp³-hybridized carbons (Fsp3) is 0.222. The van der Waals surface area contributed by atoms with Crippen LogP contribution in [0.15, 0.2) is 30.2 Å². The molecule has 0 bridgehead atoms. The molecule has 1 amide bonds. The number of nitrogens with zero attached hydrogens (tertiary/aromatic N) is 3. The van der Waals surface area contributed by atoms with Crippen molar-refractivity contribution in [2.24, 2.45) is 12.1 Å². The molecule has 1 rings (SSSR count). The fourth-order valence-electron chi connectivity index (χ4n) is 0.920. The van der Waals surface area contributed by atoms with Crippen LogP contribution in [0.1, 0.15) is 12.5 Å². The van der Waals surface area contributed by atoms with Crippen molar-refractivity contribution in [2.75, 3.05) is 0 Å². The molecule has 0 atom stereocenters. The van der Waals surface area contributed by atoms with E-state index in [9.17, 15) is 4.79 Å². The molecule has 0 fully saturated rings. The monoisotopic (exact) mass is 192 g/mol. The first-order chi connectivity index (χ1) is 6.63. The van der Waals surface area contributed by atoms with Gasteiger partial charge in [-0.3, -0.25) is 9.48 Å². The Morgan fingerprint density at radius 3 is 2.93 bits per heavy atom. The quantitative estimate of drug-likeness (QED) is 0.558. The van der Waals surface area contributed by atoms with Crippen LogP contribution in [0.2, 0.25) is 0 Å². The van der Waals surface area contributed by atoms with Crippen molar-refractivity contribution in [1.82, 2.24) is 15.2 Å². The number of aromatic nitrogens is 2. The maximum absolute atomic E-state index is 10.6. The fourth-order valence-corrected chi connectivity index (χ4v) is 0.920. The number of nitrogens with one attached hydrogen (secondary N) is 1. The van der Waals surface area contributed by atoms with Crippen molar-refractivity contribution < 1.29 is 4.79 Å². The van der Waals surface area contributed by atoms with Crippen molar-refractivity contribution in [3.8, 4) is 0 Å². The Kier molecular flexibility index (Phi) is 3.17. The molecule has 1 aromatic heterocycles. The van der Waals surface area contributed by atoms with E-state index in [0.717, 1.165) is 5.56 Å². The molecule has 0 saturated carbocycles. The first-order valence-corrected chi connectivity index (χ1v) is 4.09. The third-order valence-electron chi connectivity index (χ3n) is 1.53. The summed E-state index contributed by atoms with van der Waals surface area (Å²) in [7, 11) is 1.81. The third-order valence-corrected chi connectivity index (χ3v) is 1.53. The SMILES string of the molecule is C=C/C(=N\NC(C)=O)c1cnn(C)c1. The molecule has 1 aromatic rings. The second kappa shape index (κ2) is 4.36. The van der Waals surface area contributed by atoms with Crippen molar-refractivity contribution in [3.63, 3.8) is 0 Å². The molecule has 74 valence electrons. The number of rotatable bonds is 3. The normalized spacial score (nSPS) is 11.1.